The molecule has 0 aliphatic rings. The van der Waals surface area contributed by atoms with Crippen LogP contribution in [0.4, 0.5) is 11.4 Å². The van der Waals surface area contributed by atoms with E-state index in [1.165, 1.54) is 31.2 Å². The van der Waals surface area contributed by atoms with Crippen LogP contribution in [0.25, 0.3) is 16.8 Å². The number of nitro benzene ring substituents is 1. The number of nitrogens with zero attached hydrogens (tertiary/aromatic N) is 1. The summed E-state index contributed by atoms with van der Waals surface area (Å²) in [6.45, 7) is 1.46. The van der Waals surface area contributed by atoms with Crippen molar-refractivity contribution < 1.29 is 19.2 Å². The Morgan fingerprint density at radius 2 is 1.72 bits per heavy atom. The normalized spacial score (nSPS) is 11.9. The number of hydrogen-bond donors (Lipinski definition) is 1. The molecule has 0 aromatic heterocycles. The summed E-state index contributed by atoms with van der Waals surface area (Å²) in [5.74, 6) is -1.25. The van der Waals surface area contributed by atoms with E-state index >= 15 is 0 Å². The maximum Gasteiger partial charge on any atom is 0.331 e. The van der Waals surface area contributed by atoms with E-state index in [-0.39, 0.29) is 11.3 Å². The zero-order chi connectivity index (χ0) is 20.8. The Bertz CT molecular complexity index is 1100. The molecule has 7 nitrogen and oxygen atoms in total. The second-order valence-electron chi connectivity index (χ2n) is 6.24. The van der Waals surface area contributed by atoms with E-state index < -0.39 is 22.9 Å². The number of para-hydroxylation sites is 1. The highest BCUT2D eigenvalue weighted by Crippen LogP contribution is 2.23. The lowest BCUT2D eigenvalue weighted by molar-refractivity contribution is -0.385. The quantitative estimate of drug-likeness (QED) is 0.292. The molecule has 0 saturated heterocycles. The number of nitro groups is 1. The molecule has 7 heteroatoms. The number of rotatable bonds is 6. The third kappa shape index (κ3) is 4.84. The summed E-state index contributed by atoms with van der Waals surface area (Å²) in [5, 5.41) is 15.6. The summed E-state index contributed by atoms with van der Waals surface area (Å²) >= 11 is 0. The van der Waals surface area contributed by atoms with Gasteiger partial charge in [-0.05, 0) is 30.5 Å². The van der Waals surface area contributed by atoms with Gasteiger partial charge in [-0.3, -0.25) is 14.9 Å². The number of amides is 1. The van der Waals surface area contributed by atoms with Gasteiger partial charge in [-0.15, -0.1) is 0 Å². The molecule has 0 radical (unpaired) electrons. The van der Waals surface area contributed by atoms with Gasteiger partial charge in [0.25, 0.3) is 11.6 Å². The number of fused-ring (bicyclic) bond motifs is 1. The highest BCUT2D eigenvalue weighted by molar-refractivity contribution is 6.04. The lowest BCUT2D eigenvalue weighted by atomic mass is 10.1. The summed E-state index contributed by atoms with van der Waals surface area (Å²) in [6, 6.07) is 19.1. The number of carbonyl (C=O) groups excluding carboxylic acids is 2. The van der Waals surface area contributed by atoms with Crippen LogP contribution in [-0.2, 0) is 14.3 Å². The Morgan fingerprint density at radius 3 is 2.52 bits per heavy atom. The van der Waals surface area contributed by atoms with Gasteiger partial charge >= 0.3 is 5.97 Å². The molecule has 0 unspecified atom stereocenters. The lowest BCUT2D eigenvalue weighted by Crippen LogP contribution is -2.29. The summed E-state index contributed by atoms with van der Waals surface area (Å²) in [6.07, 6.45) is 1.30. The van der Waals surface area contributed by atoms with Crippen molar-refractivity contribution in [3.05, 3.63) is 88.5 Å². The van der Waals surface area contributed by atoms with Crippen LogP contribution in [0.1, 0.15) is 12.5 Å². The number of carbonyl (C=O) groups is 2. The first kappa shape index (κ1) is 19.8. The predicted molar refractivity (Wildman–Crippen MR) is 110 cm³/mol. The van der Waals surface area contributed by atoms with E-state index in [4.69, 9.17) is 4.74 Å². The van der Waals surface area contributed by atoms with E-state index in [1.54, 1.807) is 12.1 Å². The molecule has 0 fully saturated rings. The molecule has 1 N–H and O–H groups in total. The van der Waals surface area contributed by atoms with Crippen molar-refractivity contribution in [1.82, 2.24) is 0 Å². The number of anilines is 1. The molecule has 0 aliphatic carbocycles. The van der Waals surface area contributed by atoms with Crippen molar-refractivity contribution in [3.63, 3.8) is 0 Å². The maximum atomic E-state index is 12.4. The topological polar surface area (TPSA) is 98.5 Å². The number of esters is 1. The van der Waals surface area contributed by atoms with E-state index in [0.717, 1.165) is 16.8 Å². The van der Waals surface area contributed by atoms with Crippen molar-refractivity contribution in [1.29, 1.82) is 0 Å². The van der Waals surface area contributed by atoms with Gasteiger partial charge in [-0.2, -0.15) is 0 Å². The second-order valence-corrected chi connectivity index (χ2v) is 6.24. The third-order valence-corrected chi connectivity index (χ3v) is 4.24. The second kappa shape index (κ2) is 8.79. The highest BCUT2D eigenvalue weighted by atomic mass is 16.6. The average Bonchev–Trinajstić information content (AvgIpc) is 2.72. The number of nitrogens with one attached hydrogen (secondary N) is 1. The Labute approximate surface area is 166 Å². The first-order chi connectivity index (χ1) is 14.0. The van der Waals surface area contributed by atoms with Crippen LogP contribution in [0.5, 0.6) is 0 Å². The molecule has 3 aromatic rings. The summed E-state index contributed by atoms with van der Waals surface area (Å²) in [4.78, 5) is 34.9. The highest BCUT2D eigenvalue weighted by Gasteiger charge is 2.18. The fraction of sp³-hybridized carbons (Fsp3) is 0.0909. The van der Waals surface area contributed by atoms with Crippen LogP contribution in [0, 0.1) is 10.1 Å². The van der Waals surface area contributed by atoms with Crippen molar-refractivity contribution in [2.45, 2.75) is 13.0 Å². The van der Waals surface area contributed by atoms with Crippen LogP contribution in [0.2, 0.25) is 0 Å². The molecule has 146 valence electrons. The molecule has 29 heavy (non-hydrogen) atoms. The molecule has 0 spiro atoms. The van der Waals surface area contributed by atoms with Crippen LogP contribution >= 0.6 is 0 Å². The molecular weight excluding hydrogens is 372 g/mol. The number of benzene rings is 3. The minimum Gasteiger partial charge on any atom is -0.449 e. The lowest BCUT2D eigenvalue weighted by Gasteiger charge is -2.13. The molecule has 0 bridgehead atoms. The fourth-order valence-electron chi connectivity index (χ4n) is 2.79. The molecule has 0 aliphatic heterocycles. The zero-order valence-corrected chi connectivity index (χ0v) is 15.6. The summed E-state index contributed by atoms with van der Waals surface area (Å²) < 4.78 is 5.11. The smallest absolute Gasteiger partial charge is 0.331 e. The van der Waals surface area contributed by atoms with E-state index in [1.807, 2.05) is 36.4 Å². The van der Waals surface area contributed by atoms with Gasteiger partial charge < -0.3 is 10.1 Å². The molecule has 0 heterocycles. The largest absolute Gasteiger partial charge is 0.449 e. The van der Waals surface area contributed by atoms with Crippen LogP contribution < -0.4 is 5.32 Å². The standard InChI is InChI=1S/C22H18N2O5/c1-15(22(26)23-19-11-6-9-16-7-2-4-10-18(16)19)29-21(25)14-13-17-8-3-5-12-20(17)24(27)28/h2-15H,1H3,(H,23,26)/b14-13+/t15-/m0/s1. The number of hydrogen-bond acceptors (Lipinski definition) is 5. The first-order valence-electron chi connectivity index (χ1n) is 8.86. The molecule has 3 rings (SSSR count). The molecule has 0 saturated carbocycles. The molecular formula is C22H18N2O5. The van der Waals surface area contributed by atoms with Gasteiger partial charge in [0, 0.05) is 23.2 Å². The fourth-order valence-corrected chi connectivity index (χ4v) is 2.79. The van der Waals surface area contributed by atoms with Crippen molar-refractivity contribution in [2.75, 3.05) is 5.32 Å². The number of ether oxygens (including phenoxy) is 1. The Hall–Kier alpha value is -4.00. The molecule has 1 atom stereocenters. The van der Waals surface area contributed by atoms with Crippen LogP contribution in [0.15, 0.2) is 72.8 Å². The Morgan fingerprint density at radius 1 is 1.03 bits per heavy atom. The van der Waals surface area contributed by atoms with Gasteiger partial charge in [-0.25, -0.2) is 4.79 Å². The van der Waals surface area contributed by atoms with E-state index in [0.29, 0.717) is 5.69 Å². The van der Waals surface area contributed by atoms with Crippen LogP contribution in [0.3, 0.4) is 0 Å². The third-order valence-electron chi connectivity index (χ3n) is 4.24. The van der Waals surface area contributed by atoms with Gasteiger partial charge in [0.2, 0.25) is 0 Å². The van der Waals surface area contributed by atoms with Crippen molar-refractivity contribution in [3.8, 4) is 0 Å². The molecule has 3 aromatic carbocycles. The van der Waals surface area contributed by atoms with E-state index in [2.05, 4.69) is 5.32 Å². The Kier molecular flexibility index (Phi) is 5.99. The minimum atomic E-state index is -1.04. The molecule has 1 amide bonds. The van der Waals surface area contributed by atoms with Crippen molar-refractivity contribution in [2.24, 2.45) is 0 Å². The predicted octanol–water partition coefficient (Wildman–Crippen LogP) is 4.33. The Balaban J connectivity index is 1.65. The summed E-state index contributed by atoms with van der Waals surface area (Å²) in [5.41, 5.74) is 0.757. The van der Waals surface area contributed by atoms with Gasteiger partial charge in [0.15, 0.2) is 6.10 Å². The average molecular weight is 390 g/mol. The first-order valence-corrected chi connectivity index (χ1v) is 8.86. The van der Waals surface area contributed by atoms with E-state index in [9.17, 15) is 19.7 Å². The van der Waals surface area contributed by atoms with Gasteiger partial charge in [0.05, 0.1) is 10.5 Å². The van der Waals surface area contributed by atoms with Gasteiger partial charge in [-0.1, -0.05) is 48.5 Å². The SMILES string of the molecule is C[C@H](OC(=O)/C=C/c1ccccc1[N+](=O)[O-])C(=O)Nc1cccc2ccccc12. The van der Waals surface area contributed by atoms with Crippen LogP contribution in [-0.4, -0.2) is 22.9 Å². The monoisotopic (exact) mass is 390 g/mol. The zero-order valence-electron chi connectivity index (χ0n) is 15.6. The van der Waals surface area contributed by atoms with Crippen molar-refractivity contribution >= 4 is 40.1 Å². The maximum absolute atomic E-state index is 12.4. The van der Waals surface area contributed by atoms with Gasteiger partial charge in [0.1, 0.15) is 0 Å². The minimum absolute atomic E-state index is 0.127. The summed E-state index contributed by atoms with van der Waals surface area (Å²) in [7, 11) is 0.